The number of aromatic nitrogens is 1. The first kappa shape index (κ1) is 18.1. The Morgan fingerprint density at radius 2 is 1.92 bits per heavy atom. The number of rotatable bonds is 7. The van der Waals surface area contributed by atoms with E-state index in [1.165, 1.54) is 5.56 Å². The summed E-state index contributed by atoms with van der Waals surface area (Å²) in [5.41, 5.74) is 3.60. The fourth-order valence-corrected chi connectivity index (χ4v) is 3.65. The van der Waals surface area contributed by atoms with E-state index in [-0.39, 0.29) is 6.61 Å². The van der Waals surface area contributed by atoms with Crippen molar-refractivity contribution in [3.05, 3.63) is 65.5 Å². The Hall–Kier alpha value is -1.75. The molecule has 0 amide bonds. The third kappa shape index (κ3) is 5.36. The summed E-state index contributed by atoms with van der Waals surface area (Å²) in [6.07, 6.45) is 1.91. The minimum atomic E-state index is 0.253. The Morgan fingerprint density at radius 1 is 1.08 bits per heavy atom. The fourth-order valence-electron chi connectivity index (χ4n) is 3.65. The summed E-state index contributed by atoms with van der Waals surface area (Å²) in [4.78, 5) is 9.65. The number of hydrogen-bond donors (Lipinski definition) is 1. The van der Waals surface area contributed by atoms with E-state index in [0.29, 0.717) is 6.04 Å². The van der Waals surface area contributed by atoms with Crippen molar-refractivity contribution in [1.29, 1.82) is 0 Å². The number of nitrogens with zero attached hydrogens (tertiary/aromatic N) is 3. The quantitative estimate of drug-likeness (QED) is 0.841. The molecule has 0 aliphatic carbocycles. The summed E-state index contributed by atoms with van der Waals surface area (Å²) in [7, 11) is 0. The van der Waals surface area contributed by atoms with Crippen molar-refractivity contribution in [1.82, 2.24) is 14.8 Å². The van der Waals surface area contributed by atoms with Crippen molar-refractivity contribution in [2.45, 2.75) is 32.4 Å². The molecule has 134 valence electrons. The second kappa shape index (κ2) is 9.09. The van der Waals surface area contributed by atoms with Crippen molar-refractivity contribution in [2.75, 3.05) is 32.8 Å². The summed E-state index contributed by atoms with van der Waals surface area (Å²) in [6.45, 7) is 7.38. The topological polar surface area (TPSA) is 39.6 Å². The molecule has 25 heavy (non-hydrogen) atoms. The highest BCUT2D eigenvalue weighted by atomic mass is 16.3. The molecule has 0 radical (unpaired) electrons. The van der Waals surface area contributed by atoms with E-state index < -0.39 is 0 Å². The molecule has 1 aromatic heterocycles. The molecule has 1 aromatic carbocycles. The van der Waals surface area contributed by atoms with Crippen molar-refractivity contribution in [3.63, 3.8) is 0 Å². The molecule has 4 heteroatoms. The molecule has 1 N–H and O–H groups in total. The van der Waals surface area contributed by atoms with Gasteiger partial charge in [0, 0.05) is 51.1 Å². The Morgan fingerprint density at radius 3 is 2.68 bits per heavy atom. The average molecular weight is 339 g/mol. The molecule has 0 unspecified atom stereocenters. The number of aliphatic hydroxyl groups excluding tert-OH is 1. The van der Waals surface area contributed by atoms with Gasteiger partial charge in [-0.05, 0) is 37.5 Å². The molecule has 2 aromatic rings. The largest absolute Gasteiger partial charge is 0.396 e. The van der Waals surface area contributed by atoms with Gasteiger partial charge in [0.2, 0.25) is 0 Å². The highest BCUT2D eigenvalue weighted by molar-refractivity contribution is 5.15. The van der Waals surface area contributed by atoms with Crippen LogP contribution in [0.25, 0.3) is 0 Å². The SMILES string of the molecule is Cc1cccc(CN2CCN(CCc3ccccc3)[C@@H](CCO)C2)n1. The molecule has 1 saturated heterocycles. The van der Waals surface area contributed by atoms with E-state index in [2.05, 4.69) is 57.2 Å². The van der Waals surface area contributed by atoms with Gasteiger partial charge in [-0.15, -0.1) is 0 Å². The van der Waals surface area contributed by atoms with Crippen molar-refractivity contribution >= 4 is 0 Å². The van der Waals surface area contributed by atoms with Crippen LogP contribution in [0.3, 0.4) is 0 Å². The maximum Gasteiger partial charge on any atom is 0.0547 e. The third-order valence-corrected chi connectivity index (χ3v) is 5.01. The lowest BCUT2D eigenvalue weighted by atomic mass is 10.1. The van der Waals surface area contributed by atoms with Crippen LogP contribution in [0.5, 0.6) is 0 Å². The van der Waals surface area contributed by atoms with Crippen LogP contribution >= 0.6 is 0 Å². The van der Waals surface area contributed by atoms with Gasteiger partial charge in [0.1, 0.15) is 0 Å². The standard InChI is InChI=1S/C21H29N3O/c1-18-6-5-9-20(22-18)16-23-13-14-24(21(17-23)11-15-25)12-10-19-7-3-2-4-8-19/h2-9,21,25H,10-17H2,1H3/t21-/m0/s1. The van der Waals surface area contributed by atoms with Crippen LogP contribution in [0.4, 0.5) is 0 Å². The second-order valence-corrected chi connectivity index (χ2v) is 6.94. The molecule has 4 nitrogen and oxygen atoms in total. The average Bonchev–Trinajstić information content (AvgIpc) is 2.62. The molecule has 0 bridgehead atoms. The van der Waals surface area contributed by atoms with Crippen LogP contribution in [-0.2, 0) is 13.0 Å². The Labute approximate surface area is 151 Å². The van der Waals surface area contributed by atoms with Crippen molar-refractivity contribution in [3.8, 4) is 0 Å². The van der Waals surface area contributed by atoms with Gasteiger partial charge in [-0.1, -0.05) is 36.4 Å². The van der Waals surface area contributed by atoms with Crippen LogP contribution in [0, 0.1) is 6.92 Å². The van der Waals surface area contributed by atoms with Gasteiger partial charge in [0.15, 0.2) is 0 Å². The Balaban J connectivity index is 1.56. The summed E-state index contributed by atoms with van der Waals surface area (Å²) >= 11 is 0. The Bertz CT molecular complexity index is 647. The van der Waals surface area contributed by atoms with E-state index >= 15 is 0 Å². The van der Waals surface area contributed by atoms with Gasteiger partial charge in [-0.3, -0.25) is 14.8 Å². The molecular formula is C21H29N3O. The Kier molecular flexibility index (Phi) is 6.56. The van der Waals surface area contributed by atoms with Gasteiger partial charge < -0.3 is 5.11 Å². The molecule has 2 heterocycles. The lowest BCUT2D eigenvalue weighted by molar-refractivity contribution is 0.0556. The van der Waals surface area contributed by atoms with E-state index in [4.69, 9.17) is 0 Å². The number of aliphatic hydroxyl groups is 1. The first-order valence-electron chi connectivity index (χ1n) is 9.28. The van der Waals surface area contributed by atoms with E-state index in [1.807, 2.05) is 13.0 Å². The number of aryl methyl sites for hydroxylation is 1. The summed E-state index contributed by atoms with van der Waals surface area (Å²) in [5.74, 6) is 0. The van der Waals surface area contributed by atoms with Crippen LogP contribution in [0.1, 0.15) is 23.4 Å². The van der Waals surface area contributed by atoms with Gasteiger partial charge in [-0.2, -0.15) is 0 Å². The van der Waals surface area contributed by atoms with E-state index in [0.717, 1.165) is 57.0 Å². The first-order valence-corrected chi connectivity index (χ1v) is 9.28. The molecule has 1 aliphatic heterocycles. The number of pyridine rings is 1. The minimum absolute atomic E-state index is 0.253. The van der Waals surface area contributed by atoms with Crippen LogP contribution < -0.4 is 0 Å². The maximum atomic E-state index is 9.48. The first-order chi connectivity index (χ1) is 12.2. The van der Waals surface area contributed by atoms with Crippen molar-refractivity contribution < 1.29 is 5.11 Å². The normalized spacial score (nSPS) is 19.2. The van der Waals surface area contributed by atoms with E-state index in [1.54, 1.807) is 0 Å². The molecule has 0 spiro atoms. The zero-order valence-electron chi connectivity index (χ0n) is 15.1. The number of hydrogen-bond acceptors (Lipinski definition) is 4. The third-order valence-electron chi connectivity index (χ3n) is 5.01. The summed E-state index contributed by atoms with van der Waals surface area (Å²) in [5, 5.41) is 9.48. The van der Waals surface area contributed by atoms with Gasteiger partial charge in [0.05, 0.1) is 5.69 Å². The lowest BCUT2D eigenvalue weighted by Gasteiger charge is -2.41. The second-order valence-electron chi connectivity index (χ2n) is 6.94. The zero-order valence-corrected chi connectivity index (χ0v) is 15.1. The smallest absolute Gasteiger partial charge is 0.0547 e. The fraction of sp³-hybridized carbons (Fsp3) is 0.476. The van der Waals surface area contributed by atoms with E-state index in [9.17, 15) is 5.11 Å². The molecular weight excluding hydrogens is 310 g/mol. The maximum absolute atomic E-state index is 9.48. The zero-order chi connectivity index (χ0) is 17.5. The number of benzene rings is 1. The predicted octanol–water partition coefficient (Wildman–Crippen LogP) is 2.50. The van der Waals surface area contributed by atoms with Crippen LogP contribution in [0.2, 0.25) is 0 Å². The van der Waals surface area contributed by atoms with Crippen molar-refractivity contribution in [2.24, 2.45) is 0 Å². The molecule has 1 aliphatic rings. The molecule has 3 rings (SSSR count). The van der Waals surface area contributed by atoms with Gasteiger partial charge in [-0.25, -0.2) is 0 Å². The number of piperazine rings is 1. The molecule has 1 fully saturated rings. The minimum Gasteiger partial charge on any atom is -0.396 e. The summed E-state index contributed by atoms with van der Waals surface area (Å²) in [6, 6.07) is 17.3. The summed E-state index contributed by atoms with van der Waals surface area (Å²) < 4.78 is 0. The van der Waals surface area contributed by atoms with Gasteiger partial charge in [0.25, 0.3) is 0 Å². The molecule has 0 saturated carbocycles. The van der Waals surface area contributed by atoms with Crippen LogP contribution in [-0.4, -0.2) is 58.7 Å². The molecule has 1 atom stereocenters. The highest BCUT2D eigenvalue weighted by Gasteiger charge is 2.26. The lowest BCUT2D eigenvalue weighted by Crippen LogP contribution is -2.53. The highest BCUT2D eigenvalue weighted by Crippen LogP contribution is 2.16. The monoisotopic (exact) mass is 339 g/mol. The van der Waals surface area contributed by atoms with Crippen LogP contribution in [0.15, 0.2) is 48.5 Å². The predicted molar refractivity (Wildman–Crippen MR) is 101 cm³/mol. The van der Waals surface area contributed by atoms with Gasteiger partial charge >= 0.3 is 0 Å².